The van der Waals surface area contributed by atoms with E-state index < -0.39 is 23.9 Å². The second kappa shape index (κ2) is 7.43. The molecule has 0 spiro atoms. The van der Waals surface area contributed by atoms with Gasteiger partial charge in [0.1, 0.15) is 11.5 Å². The molecule has 0 unspecified atom stereocenters. The molecule has 0 aliphatic carbocycles. The van der Waals surface area contributed by atoms with Crippen LogP contribution in [0.3, 0.4) is 0 Å². The van der Waals surface area contributed by atoms with Gasteiger partial charge in [-0.25, -0.2) is 8.42 Å². The Morgan fingerprint density at radius 1 is 0.783 bits per heavy atom. The molecule has 0 aromatic heterocycles. The maximum atomic E-state index is 13.0. The lowest BCUT2D eigenvalue weighted by Gasteiger charge is -2.12. The summed E-state index contributed by atoms with van der Waals surface area (Å²) in [6, 6.07) is 4.82. The molecule has 0 radical (unpaired) electrons. The predicted octanol–water partition coefficient (Wildman–Crippen LogP) is 5.59. The van der Waals surface area contributed by atoms with E-state index >= 15 is 0 Å². The molecule has 9 heteroatoms. The van der Waals surface area contributed by atoms with Crippen LogP contribution in [0.1, 0.15) is 8.22 Å². The van der Waals surface area contributed by atoms with Crippen molar-refractivity contribution in [2.45, 2.75) is 9.79 Å². The zero-order valence-electron chi connectivity index (χ0n) is 16.9. The highest BCUT2D eigenvalue weighted by Crippen LogP contribution is 2.40. The molecule has 0 bridgehead atoms. The molecule has 0 N–H and O–H groups in total. The third kappa shape index (κ3) is 3.78. The second-order valence-corrected chi connectivity index (χ2v) is 9.51. The van der Waals surface area contributed by atoms with Gasteiger partial charge in [0.15, 0.2) is 0 Å². The van der Waals surface area contributed by atoms with Gasteiger partial charge in [-0.05, 0) is 88.0 Å². The van der Waals surface area contributed by atoms with Crippen molar-refractivity contribution >= 4 is 73.6 Å². The van der Waals surface area contributed by atoms with Crippen molar-refractivity contribution in [3.05, 3.63) is 42.2 Å². The third-order valence-corrected chi connectivity index (χ3v) is 6.84. The Balaban J connectivity index is 2.54. The molecule has 0 atom stereocenters. The zero-order valence-corrected chi connectivity index (χ0v) is 18.0. The van der Waals surface area contributed by atoms with Crippen LogP contribution in [-0.2, 0) is 9.84 Å². The molecule has 0 saturated carbocycles. The first-order valence-electron chi connectivity index (χ1n) is 8.62. The number of benzene rings is 2. The smallest absolute Gasteiger partial charge is 0.206 e. The normalized spacial score (nSPS) is 16.3. The summed E-state index contributed by atoms with van der Waals surface area (Å²) in [6.07, 6.45) is 0. The van der Waals surface area contributed by atoms with Gasteiger partial charge < -0.3 is 9.47 Å². The molecule has 23 heavy (non-hydrogen) atoms. The van der Waals surface area contributed by atoms with E-state index in [0.29, 0.717) is 0 Å². The molecule has 0 aliphatic heterocycles. The lowest BCUT2D eigenvalue weighted by Crippen LogP contribution is -2.04. The summed E-state index contributed by atoms with van der Waals surface area (Å²) in [5.41, 5.74) is 0. The summed E-state index contributed by atoms with van der Waals surface area (Å²) in [7, 11) is -9.51. The zero-order chi connectivity index (χ0) is 22.4. The highest BCUT2D eigenvalue weighted by Gasteiger charge is 2.23. The van der Waals surface area contributed by atoms with Crippen LogP contribution in [0.25, 0.3) is 0 Å². The van der Waals surface area contributed by atoms with Gasteiger partial charge in [-0.3, -0.25) is 0 Å². The fourth-order valence-electron chi connectivity index (χ4n) is 1.71. The number of halogens is 4. The molecule has 0 fully saturated rings. The van der Waals surface area contributed by atoms with E-state index in [0.717, 1.165) is 0 Å². The lowest BCUT2D eigenvalue weighted by atomic mass is 10.3. The molecular weight excluding hydrogens is 584 g/mol. The average molecular weight is 600 g/mol. The minimum absolute atomic E-state index is 0.0762. The van der Waals surface area contributed by atoms with Gasteiger partial charge in [0.25, 0.3) is 0 Å². The van der Waals surface area contributed by atoms with Crippen molar-refractivity contribution in [3.63, 3.8) is 0 Å². The average Bonchev–Trinajstić information content (AvgIpc) is 2.52. The predicted molar refractivity (Wildman–Crippen MR) is 102 cm³/mol. The molecule has 0 saturated heterocycles. The van der Waals surface area contributed by atoms with Crippen LogP contribution < -0.4 is 9.47 Å². The molecule has 2 rings (SSSR count). The fourth-order valence-corrected chi connectivity index (χ4v) is 6.38. The number of ether oxygens (including phenoxy) is 2. The van der Waals surface area contributed by atoms with E-state index in [1.54, 1.807) is 0 Å². The summed E-state index contributed by atoms with van der Waals surface area (Å²) in [5, 5.41) is 0. The van der Waals surface area contributed by atoms with Crippen molar-refractivity contribution in [1.82, 2.24) is 0 Å². The monoisotopic (exact) mass is 596 g/mol. The van der Waals surface area contributed by atoms with Gasteiger partial charge in [-0.15, -0.1) is 0 Å². The Bertz CT molecular complexity index is 930. The fraction of sp³-hybridized carbons (Fsp3) is 0.143. The Labute approximate surface area is 176 Å². The van der Waals surface area contributed by atoms with Crippen LogP contribution in [0, 0.1) is 0 Å². The first-order chi connectivity index (χ1) is 13.0. The minimum atomic E-state index is -4.06. The maximum absolute atomic E-state index is 13.0. The van der Waals surface area contributed by atoms with Crippen LogP contribution in [0.15, 0.2) is 51.9 Å². The van der Waals surface area contributed by atoms with Crippen LogP contribution in [0.2, 0.25) is 0 Å². The molecule has 2 aromatic carbocycles. The van der Waals surface area contributed by atoms with E-state index in [2.05, 4.69) is 63.7 Å². The van der Waals surface area contributed by atoms with Crippen LogP contribution in [0.4, 0.5) is 0 Å². The van der Waals surface area contributed by atoms with Crippen molar-refractivity contribution in [1.29, 1.82) is 0 Å². The van der Waals surface area contributed by atoms with Gasteiger partial charge in [0.05, 0.1) is 50.0 Å². The summed E-state index contributed by atoms with van der Waals surface area (Å²) in [6.45, 7) is 0. The Kier molecular flexibility index (Phi) is 3.97. The standard InChI is InChI=1S/C14H10Br4O4S/c1-21-13-9(15)3-7(4-10(13)16)23(19,20)8-5-11(17)14(22-2)12(18)6-8/h3-6H,1-2H3/i1D3,2D3. The summed E-state index contributed by atoms with van der Waals surface area (Å²) in [5.74, 6) is -0.152. The van der Waals surface area contributed by atoms with Gasteiger partial charge in [-0.1, -0.05) is 0 Å². The molecular formula is C14H10Br4O4S. The number of rotatable bonds is 4. The van der Waals surface area contributed by atoms with Gasteiger partial charge in [0.2, 0.25) is 9.84 Å². The lowest BCUT2D eigenvalue weighted by molar-refractivity contribution is 0.409. The maximum Gasteiger partial charge on any atom is 0.206 e. The quantitative estimate of drug-likeness (QED) is 0.460. The second-order valence-electron chi connectivity index (χ2n) is 4.14. The first kappa shape index (κ1) is 12.3. The summed E-state index contributed by atoms with van der Waals surface area (Å²) >= 11 is 12.5. The number of hydrogen-bond donors (Lipinski definition) is 0. The van der Waals surface area contributed by atoms with Crippen molar-refractivity contribution in [2.24, 2.45) is 0 Å². The molecule has 0 heterocycles. The Hall–Kier alpha value is -0.0900. The highest BCUT2D eigenvalue weighted by atomic mass is 79.9. The Morgan fingerprint density at radius 3 is 1.35 bits per heavy atom. The van der Waals surface area contributed by atoms with Crippen molar-refractivity contribution < 1.29 is 26.1 Å². The SMILES string of the molecule is [2H]C([2H])([2H])Oc1c(Br)cc(S(=O)(=O)c2cc(Br)c(OC([2H])([2H])[2H])c(Br)c2)cc1Br. The Morgan fingerprint density at radius 2 is 1.09 bits per heavy atom. The van der Waals surface area contributed by atoms with E-state index in [4.69, 9.17) is 17.7 Å². The largest absolute Gasteiger partial charge is 0.494 e. The number of methoxy groups -OCH3 is 2. The number of sulfone groups is 1. The third-order valence-electron chi connectivity index (χ3n) is 2.77. The van der Waals surface area contributed by atoms with Crippen LogP contribution in [-0.4, -0.2) is 22.5 Å². The van der Waals surface area contributed by atoms with E-state index in [1.165, 1.54) is 24.3 Å². The minimum Gasteiger partial charge on any atom is -0.494 e. The summed E-state index contributed by atoms with van der Waals surface area (Å²) in [4.78, 5) is -0.310. The molecule has 0 amide bonds. The van der Waals surface area contributed by atoms with Crippen LogP contribution in [0.5, 0.6) is 11.5 Å². The molecule has 2 aromatic rings. The van der Waals surface area contributed by atoms with E-state index in [-0.39, 0.29) is 39.2 Å². The van der Waals surface area contributed by atoms with E-state index in [1.807, 2.05) is 0 Å². The highest BCUT2D eigenvalue weighted by molar-refractivity contribution is 9.11. The topological polar surface area (TPSA) is 52.6 Å². The van der Waals surface area contributed by atoms with Gasteiger partial charge >= 0.3 is 0 Å². The first-order valence-corrected chi connectivity index (χ1v) is 10.3. The van der Waals surface area contributed by atoms with Crippen molar-refractivity contribution in [2.75, 3.05) is 14.1 Å². The molecule has 4 nitrogen and oxygen atoms in total. The van der Waals surface area contributed by atoms with Gasteiger partial charge in [0, 0.05) is 0 Å². The molecule has 0 aliphatic rings. The van der Waals surface area contributed by atoms with E-state index in [9.17, 15) is 8.42 Å². The van der Waals surface area contributed by atoms with Crippen molar-refractivity contribution in [3.8, 4) is 11.5 Å². The number of hydrogen-bond acceptors (Lipinski definition) is 4. The van der Waals surface area contributed by atoms with Gasteiger partial charge in [-0.2, -0.15) is 0 Å². The van der Waals surface area contributed by atoms with Crippen LogP contribution >= 0.6 is 63.7 Å². The molecule has 124 valence electrons. The summed E-state index contributed by atoms with van der Waals surface area (Å²) < 4.78 is 79.4.